The quantitative estimate of drug-likeness (QED) is 0.570. The van der Waals surface area contributed by atoms with E-state index in [1.54, 1.807) is 0 Å². The first kappa shape index (κ1) is 19.3. The Morgan fingerprint density at radius 1 is 1.17 bits per heavy atom. The maximum atomic E-state index is 10.8. The van der Waals surface area contributed by atoms with Crippen molar-refractivity contribution < 1.29 is 9.90 Å². The van der Waals surface area contributed by atoms with Gasteiger partial charge in [0.05, 0.1) is 0 Å². The van der Waals surface area contributed by atoms with Crippen LogP contribution < -0.4 is 5.32 Å². The number of carbonyl (C=O) groups is 1. The molecule has 0 heterocycles. The Morgan fingerprint density at radius 3 is 2.30 bits per heavy atom. The van der Waals surface area contributed by atoms with Crippen molar-refractivity contribution in [2.24, 2.45) is 0 Å². The first-order valence-electron chi connectivity index (χ1n) is 8.58. The molecule has 1 rings (SSSR count). The van der Waals surface area contributed by atoms with E-state index in [0.29, 0.717) is 6.54 Å². The van der Waals surface area contributed by atoms with E-state index in [4.69, 9.17) is 0 Å². The number of carbonyl (C=O) groups excluding carboxylic acids is 1. The van der Waals surface area contributed by atoms with E-state index < -0.39 is 5.60 Å². The molecule has 0 aliphatic rings. The largest absolute Gasteiger partial charge is 0.378 e. The zero-order chi connectivity index (χ0) is 17.1. The van der Waals surface area contributed by atoms with E-state index in [2.05, 4.69) is 43.1 Å². The molecule has 0 fully saturated rings. The van der Waals surface area contributed by atoms with E-state index >= 15 is 0 Å². The lowest BCUT2D eigenvalue weighted by Crippen LogP contribution is -2.25. The fraction of sp³-hybridized carbons (Fsp3) is 0.550. The Kier molecular flexibility index (Phi) is 8.43. The molecule has 0 radical (unpaired) electrons. The van der Waals surface area contributed by atoms with Gasteiger partial charge in [-0.3, -0.25) is 4.79 Å². The minimum Gasteiger partial charge on any atom is -0.378 e. The Hall–Kier alpha value is -1.79. The van der Waals surface area contributed by atoms with E-state index in [1.807, 2.05) is 12.1 Å². The van der Waals surface area contributed by atoms with Crippen molar-refractivity contribution in [2.45, 2.75) is 64.9 Å². The van der Waals surface area contributed by atoms with Crippen LogP contribution >= 0.6 is 0 Å². The zero-order valence-electron chi connectivity index (χ0n) is 14.6. The molecule has 126 valence electrons. The summed E-state index contributed by atoms with van der Waals surface area (Å²) < 4.78 is 0. The summed E-state index contributed by atoms with van der Waals surface area (Å²) in [5.74, 6) is 6.18. The molecule has 0 aliphatic heterocycles. The first-order valence-corrected chi connectivity index (χ1v) is 8.58. The van der Waals surface area contributed by atoms with Crippen LogP contribution in [-0.4, -0.2) is 23.2 Å². The van der Waals surface area contributed by atoms with Crippen LogP contribution in [-0.2, 0) is 11.2 Å². The maximum absolute atomic E-state index is 10.8. The fourth-order valence-electron chi connectivity index (χ4n) is 2.58. The second-order valence-electron chi connectivity index (χ2n) is 6.07. The predicted molar refractivity (Wildman–Crippen MR) is 95.1 cm³/mol. The summed E-state index contributed by atoms with van der Waals surface area (Å²) in [5.41, 5.74) is 1.31. The third kappa shape index (κ3) is 7.85. The van der Waals surface area contributed by atoms with Crippen LogP contribution in [0.5, 0.6) is 0 Å². The van der Waals surface area contributed by atoms with Crippen LogP contribution in [0.3, 0.4) is 0 Å². The number of aliphatic hydroxyl groups is 1. The minimum absolute atomic E-state index is 0.0160. The normalized spacial score (nSPS) is 10.8. The molecule has 0 atom stereocenters. The Balaban J connectivity index is 2.59. The molecule has 1 aromatic rings. The summed E-state index contributed by atoms with van der Waals surface area (Å²) in [4.78, 5) is 10.8. The molecule has 2 N–H and O–H groups in total. The highest BCUT2D eigenvalue weighted by molar-refractivity contribution is 5.72. The number of hydrogen-bond acceptors (Lipinski definition) is 2. The van der Waals surface area contributed by atoms with E-state index in [0.717, 1.165) is 44.1 Å². The molecule has 1 amide bonds. The standard InChI is InChI=1S/C20H29NO2/c1-4-13-20(23,14-5-2)15-12-19-10-8-18(9-11-19)7-6-16-21-17(3)22/h8-11,23H,4-7,13-14,16H2,1-3H3,(H,21,22). The molecule has 0 saturated carbocycles. The van der Waals surface area contributed by atoms with Gasteiger partial charge in [0.1, 0.15) is 5.60 Å². The summed E-state index contributed by atoms with van der Waals surface area (Å²) in [6, 6.07) is 8.13. The highest BCUT2D eigenvalue weighted by Crippen LogP contribution is 2.18. The van der Waals surface area contributed by atoms with Crippen LogP contribution in [0, 0.1) is 11.8 Å². The van der Waals surface area contributed by atoms with Crippen molar-refractivity contribution in [3.63, 3.8) is 0 Å². The van der Waals surface area contributed by atoms with Gasteiger partial charge in [0.2, 0.25) is 5.91 Å². The van der Waals surface area contributed by atoms with E-state index in [9.17, 15) is 9.90 Å². The first-order chi connectivity index (χ1) is 11.0. The van der Waals surface area contributed by atoms with Crippen molar-refractivity contribution in [1.82, 2.24) is 5.32 Å². The van der Waals surface area contributed by atoms with E-state index in [1.165, 1.54) is 12.5 Å². The van der Waals surface area contributed by atoms with Crippen molar-refractivity contribution in [3.05, 3.63) is 35.4 Å². The van der Waals surface area contributed by atoms with Crippen LogP contribution in [0.4, 0.5) is 0 Å². The van der Waals surface area contributed by atoms with Crippen molar-refractivity contribution >= 4 is 5.91 Å². The van der Waals surface area contributed by atoms with Gasteiger partial charge in [0.25, 0.3) is 0 Å². The zero-order valence-corrected chi connectivity index (χ0v) is 14.6. The van der Waals surface area contributed by atoms with Crippen molar-refractivity contribution in [3.8, 4) is 11.8 Å². The van der Waals surface area contributed by atoms with Crippen LogP contribution in [0.1, 0.15) is 64.0 Å². The lowest BCUT2D eigenvalue weighted by atomic mass is 9.93. The van der Waals surface area contributed by atoms with Gasteiger partial charge < -0.3 is 10.4 Å². The second-order valence-corrected chi connectivity index (χ2v) is 6.07. The third-order valence-corrected chi connectivity index (χ3v) is 3.74. The number of amides is 1. The molecule has 0 saturated heterocycles. The highest BCUT2D eigenvalue weighted by Gasteiger charge is 2.21. The number of rotatable bonds is 8. The van der Waals surface area contributed by atoms with Crippen molar-refractivity contribution in [2.75, 3.05) is 6.54 Å². The topological polar surface area (TPSA) is 49.3 Å². The maximum Gasteiger partial charge on any atom is 0.216 e. The lowest BCUT2D eigenvalue weighted by Gasteiger charge is -2.20. The number of nitrogens with one attached hydrogen (secondary N) is 1. The molecule has 1 aromatic carbocycles. The summed E-state index contributed by atoms with van der Waals surface area (Å²) in [5, 5.41) is 13.3. The average Bonchev–Trinajstić information content (AvgIpc) is 2.51. The SMILES string of the molecule is CCCC(O)(C#Cc1ccc(CCCNC(C)=O)cc1)CCC. The van der Waals surface area contributed by atoms with E-state index in [-0.39, 0.29) is 5.91 Å². The number of benzene rings is 1. The van der Waals surface area contributed by atoms with Gasteiger partial charge in [-0.25, -0.2) is 0 Å². The van der Waals surface area contributed by atoms with Gasteiger partial charge in [-0.15, -0.1) is 0 Å². The number of aryl methyl sites for hydroxylation is 1. The third-order valence-electron chi connectivity index (χ3n) is 3.74. The molecule has 0 bridgehead atoms. The highest BCUT2D eigenvalue weighted by atomic mass is 16.3. The van der Waals surface area contributed by atoms with Crippen molar-refractivity contribution in [1.29, 1.82) is 0 Å². The number of hydrogen-bond donors (Lipinski definition) is 2. The summed E-state index contributed by atoms with van der Waals surface area (Å²) >= 11 is 0. The summed E-state index contributed by atoms with van der Waals surface area (Å²) in [6.07, 6.45) is 5.15. The molecule has 0 aromatic heterocycles. The van der Waals surface area contributed by atoms with Crippen LogP contribution in [0.25, 0.3) is 0 Å². The predicted octanol–water partition coefficient (Wildman–Crippen LogP) is 3.44. The van der Waals surface area contributed by atoms with Gasteiger partial charge in [0, 0.05) is 19.0 Å². The Labute approximate surface area is 140 Å². The second kappa shape index (κ2) is 10.1. The average molecular weight is 315 g/mol. The monoisotopic (exact) mass is 315 g/mol. The molecule has 3 heteroatoms. The molecular weight excluding hydrogens is 286 g/mol. The van der Waals surface area contributed by atoms with Crippen LogP contribution in [0.15, 0.2) is 24.3 Å². The lowest BCUT2D eigenvalue weighted by molar-refractivity contribution is -0.118. The van der Waals surface area contributed by atoms with Gasteiger partial charge in [-0.05, 0) is 43.4 Å². The summed E-state index contributed by atoms with van der Waals surface area (Å²) in [7, 11) is 0. The molecule has 0 aliphatic carbocycles. The Bertz CT molecular complexity index is 531. The van der Waals surface area contributed by atoms with Crippen LogP contribution in [0.2, 0.25) is 0 Å². The van der Waals surface area contributed by atoms with Gasteiger partial charge in [-0.2, -0.15) is 0 Å². The molecule has 23 heavy (non-hydrogen) atoms. The fourth-order valence-corrected chi connectivity index (χ4v) is 2.58. The molecule has 0 spiro atoms. The smallest absolute Gasteiger partial charge is 0.216 e. The van der Waals surface area contributed by atoms with Gasteiger partial charge in [0.15, 0.2) is 0 Å². The summed E-state index contributed by atoms with van der Waals surface area (Å²) in [6.45, 7) is 6.37. The van der Waals surface area contributed by atoms with Gasteiger partial charge >= 0.3 is 0 Å². The molecule has 3 nitrogen and oxygen atoms in total. The minimum atomic E-state index is -0.861. The molecule has 0 unspecified atom stereocenters. The molecular formula is C20H29NO2. The Morgan fingerprint density at radius 2 is 1.78 bits per heavy atom. The van der Waals surface area contributed by atoms with Gasteiger partial charge in [-0.1, -0.05) is 50.7 Å².